The molecule has 2 rings (SSSR count). The van der Waals surface area contributed by atoms with Crippen LogP contribution in [0.3, 0.4) is 0 Å². The van der Waals surface area contributed by atoms with E-state index in [1.165, 1.54) is 11.8 Å². The van der Waals surface area contributed by atoms with Gasteiger partial charge in [0.1, 0.15) is 5.75 Å². The van der Waals surface area contributed by atoms with Gasteiger partial charge in [-0.15, -0.1) is 0 Å². The molecule has 5 heteroatoms. The third kappa shape index (κ3) is 2.73. The number of aromatic nitrogens is 1. The first-order valence-electron chi connectivity index (χ1n) is 5.40. The molecule has 0 spiro atoms. The van der Waals surface area contributed by atoms with Crippen molar-refractivity contribution in [3.8, 4) is 5.75 Å². The molecule has 0 fully saturated rings. The number of pyridine rings is 1. The summed E-state index contributed by atoms with van der Waals surface area (Å²) in [7, 11) is 1.63. The van der Waals surface area contributed by atoms with Gasteiger partial charge >= 0.3 is 5.97 Å². The van der Waals surface area contributed by atoms with Crippen molar-refractivity contribution in [3.63, 3.8) is 0 Å². The minimum atomic E-state index is -0.839. The lowest BCUT2D eigenvalue weighted by Crippen LogP contribution is -1.98. The van der Waals surface area contributed by atoms with Crippen LogP contribution in [0.5, 0.6) is 5.75 Å². The van der Waals surface area contributed by atoms with Gasteiger partial charge in [0.2, 0.25) is 0 Å². The van der Waals surface area contributed by atoms with Gasteiger partial charge in [-0.25, -0.2) is 4.98 Å². The lowest BCUT2D eigenvalue weighted by Gasteiger charge is -2.07. The van der Waals surface area contributed by atoms with Crippen LogP contribution < -0.4 is 4.74 Å². The highest BCUT2D eigenvalue weighted by Gasteiger charge is 2.06. The highest BCUT2D eigenvalue weighted by molar-refractivity contribution is 7.99. The van der Waals surface area contributed by atoms with Crippen LogP contribution in [-0.4, -0.2) is 28.9 Å². The number of fused-ring (bicyclic) bond motifs is 1. The number of aryl methyl sites for hydroxylation is 1. The molecule has 0 aliphatic rings. The third-order valence-corrected chi connectivity index (χ3v) is 3.44. The normalized spacial score (nSPS) is 10.6. The molecule has 1 aromatic heterocycles. The van der Waals surface area contributed by atoms with Gasteiger partial charge in [-0.1, -0.05) is 11.8 Å². The lowest BCUT2D eigenvalue weighted by molar-refractivity contribution is -0.133. The highest BCUT2D eigenvalue weighted by Crippen LogP contribution is 2.26. The van der Waals surface area contributed by atoms with Crippen LogP contribution in [0.4, 0.5) is 0 Å². The monoisotopic (exact) mass is 263 g/mol. The Morgan fingerprint density at radius 2 is 2.22 bits per heavy atom. The van der Waals surface area contributed by atoms with E-state index in [1.54, 1.807) is 7.11 Å². The molecule has 18 heavy (non-hydrogen) atoms. The molecule has 1 N–H and O–H groups in total. The molecule has 0 bridgehead atoms. The number of rotatable bonds is 4. The Morgan fingerprint density at radius 3 is 2.89 bits per heavy atom. The van der Waals surface area contributed by atoms with Crippen molar-refractivity contribution in [3.05, 3.63) is 29.8 Å². The first kappa shape index (κ1) is 12.7. The summed E-state index contributed by atoms with van der Waals surface area (Å²) in [6.07, 6.45) is 0. The second-order valence-corrected chi connectivity index (χ2v) is 4.84. The standard InChI is InChI=1S/C13H13NO3S/c1-8-5-12(18-7-13(15)16)14-11-4-3-9(17-2)6-10(8)11/h3-6H,7H2,1-2H3,(H,15,16). The summed E-state index contributed by atoms with van der Waals surface area (Å²) in [6, 6.07) is 7.56. The third-order valence-electron chi connectivity index (χ3n) is 2.54. The minimum absolute atomic E-state index is 0.0219. The number of benzene rings is 1. The van der Waals surface area contributed by atoms with Gasteiger partial charge in [0.25, 0.3) is 0 Å². The van der Waals surface area contributed by atoms with Crippen molar-refractivity contribution in [1.82, 2.24) is 4.98 Å². The Hall–Kier alpha value is -1.75. The Balaban J connectivity index is 2.40. The zero-order valence-corrected chi connectivity index (χ0v) is 11.0. The van der Waals surface area contributed by atoms with Gasteiger partial charge < -0.3 is 9.84 Å². The molecule has 0 aliphatic heterocycles. The molecule has 94 valence electrons. The van der Waals surface area contributed by atoms with E-state index in [1.807, 2.05) is 31.2 Å². The number of hydrogen-bond acceptors (Lipinski definition) is 4. The Bertz CT molecular complexity index is 598. The minimum Gasteiger partial charge on any atom is -0.497 e. The number of methoxy groups -OCH3 is 1. The quantitative estimate of drug-likeness (QED) is 0.859. The fraction of sp³-hybridized carbons (Fsp3) is 0.231. The van der Waals surface area contributed by atoms with Crippen LogP contribution in [0.15, 0.2) is 29.3 Å². The van der Waals surface area contributed by atoms with Crippen molar-refractivity contribution >= 4 is 28.6 Å². The first-order valence-corrected chi connectivity index (χ1v) is 6.38. The molecule has 0 saturated heterocycles. The first-order chi connectivity index (χ1) is 8.60. The van der Waals surface area contributed by atoms with E-state index in [4.69, 9.17) is 9.84 Å². The Kier molecular flexibility index (Phi) is 3.72. The van der Waals surface area contributed by atoms with Crippen molar-refractivity contribution in [1.29, 1.82) is 0 Å². The van der Waals surface area contributed by atoms with E-state index in [0.717, 1.165) is 27.2 Å². The fourth-order valence-electron chi connectivity index (χ4n) is 1.68. The van der Waals surface area contributed by atoms with Gasteiger partial charge in [-0.3, -0.25) is 4.79 Å². The molecule has 0 unspecified atom stereocenters. The number of ether oxygens (including phenoxy) is 1. The van der Waals surface area contributed by atoms with E-state index in [2.05, 4.69) is 4.98 Å². The molecule has 1 heterocycles. The number of aliphatic carboxylic acids is 1. The number of carboxylic acid groups (broad SMARTS) is 1. The van der Waals surface area contributed by atoms with Crippen LogP contribution >= 0.6 is 11.8 Å². The summed E-state index contributed by atoms with van der Waals surface area (Å²) in [6.45, 7) is 1.98. The summed E-state index contributed by atoms with van der Waals surface area (Å²) in [4.78, 5) is 15.0. The van der Waals surface area contributed by atoms with Crippen LogP contribution in [0.1, 0.15) is 5.56 Å². The molecular formula is C13H13NO3S. The van der Waals surface area contributed by atoms with Crippen LogP contribution in [0, 0.1) is 6.92 Å². The molecule has 2 aromatic rings. The maximum atomic E-state index is 10.5. The summed E-state index contributed by atoms with van der Waals surface area (Å²) < 4.78 is 5.18. The average molecular weight is 263 g/mol. The summed E-state index contributed by atoms with van der Waals surface area (Å²) in [5.41, 5.74) is 1.91. The Morgan fingerprint density at radius 1 is 1.44 bits per heavy atom. The zero-order chi connectivity index (χ0) is 13.1. The maximum absolute atomic E-state index is 10.5. The van der Waals surface area contributed by atoms with Crippen LogP contribution in [-0.2, 0) is 4.79 Å². The van der Waals surface area contributed by atoms with E-state index in [0.29, 0.717) is 0 Å². The molecule has 0 amide bonds. The molecule has 0 atom stereocenters. The van der Waals surface area contributed by atoms with Gasteiger partial charge in [-0.2, -0.15) is 0 Å². The van der Waals surface area contributed by atoms with Gasteiger partial charge in [0.15, 0.2) is 0 Å². The second-order valence-electron chi connectivity index (χ2n) is 3.84. The number of hydrogen-bond donors (Lipinski definition) is 1. The average Bonchev–Trinajstić information content (AvgIpc) is 2.36. The van der Waals surface area contributed by atoms with Gasteiger partial charge in [-0.05, 0) is 36.8 Å². The fourth-order valence-corrected chi connectivity index (χ4v) is 2.37. The van der Waals surface area contributed by atoms with E-state index < -0.39 is 5.97 Å². The van der Waals surface area contributed by atoms with Crippen LogP contribution in [0.25, 0.3) is 10.9 Å². The number of carbonyl (C=O) groups is 1. The van der Waals surface area contributed by atoms with E-state index in [9.17, 15) is 4.79 Å². The van der Waals surface area contributed by atoms with Crippen molar-refractivity contribution in [2.45, 2.75) is 11.9 Å². The number of carboxylic acids is 1. The van der Waals surface area contributed by atoms with Crippen molar-refractivity contribution < 1.29 is 14.6 Å². The summed E-state index contributed by atoms with van der Waals surface area (Å²) >= 11 is 1.23. The molecule has 0 saturated carbocycles. The van der Waals surface area contributed by atoms with E-state index in [-0.39, 0.29) is 5.75 Å². The SMILES string of the molecule is COc1ccc2nc(SCC(=O)O)cc(C)c2c1. The van der Waals surface area contributed by atoms with Crippen LogP contribution in [0.2, 0.25) is 0 Å². The summed E-state index contributed by atoms with van der Waals surface area (Å²) in [5.74, 6) is -0.0266. The molecule has 0 radical (unpaired) electrons. The smallest absolute Gasteiger partial charge is 0.313 e. The molecule has 0 aliphatic carbocycles. The van der Waals surface area contributed by atoms with E-state index >= 15 is 0 Å². The number of nitrogens with zero attached hydrogens (tertiary/aromatic N) is 1. The molecule has 4 nitrogen and oxygen atoms in total. The predicted molar refractivity (Wildman–Crippen MR) is 71.4 cm³/mol. The molecular weight excluding hydrogens is 250 g/mol. The largest absolute Gasteiger partial charge is 0.497 e. The van der Waals surface area contributed by atoms with Crippen molar-refractivity contribution in [2.75, 3.05) is 12.9 Å². The predicted octanol–water partition coefficient (Wildman–Crippen LogP) is 2.73. The number of thioether (sulfide) groups is 1. The molecule has 1 aromatic carbocycles. The topological polar surface area (TPSA) is 59.4 Å². The second kappa shape index (κ2) is 5.27. The maximum Gasteiger partial charge on any atom is 0.313 e. The van der Waals surface area contributed by atoms with Gasteiger partial charge in [0.05, 0.1) is 23.4 Å². The van der Waals surface area contributed by atoms with Crippen molar-refractivity contribution in [2.24, 2.45) is 0 Å². The zero-order valence-electron chi connectivity index (χ0n) is 10.1. The Labute approximate surface area is 109 Å². The highest BCUT2D eigenvalue weighted by atomic mass is 32.2. The summed E-state index contributed by atoms with van der Waals surface area (Å²) in [5, 5.41) is 10.4. The lowest BCUT2D eigenvalue weighted by atomic mass is 10.1. The van der Waals surface area contributed by atoms with Gasteiger partial charge in [0, 0.05) is 5.39 Å².